The molecule has 0 radical (unpaired) electrons. The van der Waals surface area contributed by atoms with Crippen LogP contribution in [-0.4, -0.2) is 45.7 Å². The molecule has 2 aromatic heterocycles. The number of nitrogens with one attached hydrogen (secondary N) is 2. The maximum atomic E-state index is 13.0. The van der Waals surface area contributed by atoms with Gasteiger partial charge in [0, 0.05) is 24.5 Å². The molecule has 0 bridgehead atoms. The smallest absolute Gasteiger partial charge is 0.433 e. The van der Waals surface area contributed by atoms with Gasteiger partial charge in [-0.15, -0.1) is 11.3 Å². The van der Waals surface area contributed by atoms with Gasteiger partial charge in [0.05, 0.1) is 12.0 Å². The molecule has 0 amide bonds. The normalized spacial score (nSPS) is 20.7. The number of anilines is 2. The fourth-order valence-electron chi connectivity index (χ4n) is 3.79. The van der Waals surface area contributed by atoms with E-state index in [2.05, 4.69) is 25.6 Å². The number of aromatic nitrogens is 3. The van der Waals surface area contributed by atoms with Crippen LogP contribution >= 0.6 is 11.3 Å². The second-order valence-electron chi connectivity index (χ2n) is 8.02. The van der Waals surface area contributed by atoms with E-state index >= 15 is 0 Å². The first-order valence-corrected chi connectivity index (χ1v) is 11.2. The molecule has 0 aliphatic carbocycles. The van der Waals surface area contributed by atoms with E-state index in [1.54, 1.807) is 18.3 Å². The zero-order valence-electron chi connectivity index (χ0n) is 18.3. The molecule has 3 aromatic rings. The molecule has 1 aliphatic heterocycles. The van der Waals surface area contributed by atoms with Crippen LogP contribution in [0.2, 0.25) is 0 Å². The zero-order valence-corrected chi connectivity index (χ0v) is 19.1. The highest BCUT2D eigenvalue weighted by atomic mass is 32.1. The van der Waals surface area contributed by atoms with Gasteiger partial charge in [0.25, 0.3) is 0 Å². The highest BCUT2D eigenvalue weighted by Gasteiger charge is 2.41. The Morgan fingerprint density at radius 1 is 1.32 bits per heavy atom. The second-order valence-corrected chi connectivity index (χ2v) is 9.05. The Bertz CT molecular complexity index is 1200. The number of aliphatic hydroxyl groups is 1. The number of hydrogen-bond donors (Lipinski definition) is 3. The van der Waals surface area contributed by atoms with Crippen molar-refractivity contribution >= 4 is 28.9 Å². The number of carbonyl (C=O) groups is 1. The van der Waals surface area contributed by atoms with Crippen LogP contribution < -0.4 is 10.6 Å². The summed E-state index contributed by atoms with van der Waals surface area (Å²) in [7, 11) is 1.30. The molecule has 2 unspecified atom stereocenters. The maximum absolute atomic E-state index is 13.0. The number of benzene rings is 1. The average molecular weight is 494 g/mol. The Morgan fingerprint density at radius 2 is 2.12 bits per heavy atom. The first-order chi connectivity index (χ1) is 16.1. The van der Waals surface area contributed by atoms with Gasteiger partial charge < -0.3 is 20.5 Å². The summed E-state index contributed by atoms with van der Waals surface area (Å²) in [6.45, 7) is 2.28. The van der Waals surface area contributed by atoms with Gasteiger partial charge >= 0.3 is 12.1 Å². The maximum Gasteiger partial charge on any atom is 0.433 e. The summed E-state index contributed by atoms with van der Waals surface area (Å²) in [6.07, 6.45) is -1.36. The zero-order chi connectivity index (χ0) is 24.5. The van der Waals surface area contributed by atoms with Crippen molar-refractivity contribution in [2.45, 2.75) is 37.6 Å². The van der Waals surface area contributed by atoms with Crippen molar-refractivity contribution in [3.8, 4) is 10.4 Å². The Kier molecular flexibility index (Phi) is 6.56. The Hall–Kier alpha value is -3.09. The molecule has 1 saturated heterocycles. The molecule has 34 heavy (non-hydrogen) atoms. The van der Waals surface area contributed by atoms with Crippen LogP contribution in [0.1, 0.15) is 29.1 Å². The topological polar surface area (TPSA) is 109 Å². The minimum absolute atomic E-state index is 0.139. The highest BCUT2D eigenvalue weighted by Crippen LogP contribution is 2.39. The summed E-state index contributed by atoms with van der Waals surface area (Å²) in [4.78, 5) is 24.5. The summed E-state index contributed by atoms with van der Waals surface area (Å²) < 4.78 is 43.7. The molecule has 1 aromatic carbocycles. The van der Waals surface area contributed by atoms with E-state index in [1.807, 2.05) is 13.0 Å². The standard InChI is InChI=1S/C22H22F3N5O3S/c1-12-7-13(9-14(8-12)29-20-27-5-3-17(30-20)22(23,24)25)16-11-28-19(34-16)21(32)4-6-26-15(10-21)18(31)33-2/h3,5,7-9,11,15,26,32H,4,6,10H2,1-2H3,(H,27,29,30). The van der Waals surface area contributed by atoms with E-state index in [4.69, 9.17) is 4.74 Å². The molecule has 2 atom stereocenters. The van der Waals surface area contributed by atoms with Crippen molar-refractivity contribution in [1.82, 2.24) is 20.3 Å². The largest absolute Gasteiger partial charge is 0.468 e. The van der Waals surface area contributed by atoms with Crippen molar-refractivity contribution in [3.05, 3.63) is 52.9 Å². The molecule has 3 heterocycles. The number of methoxy groups -OCH3 is 1. The number of rotatable bonds is 5. The molecular weight excluding hydrogens is 471 g/mol. The van der Waals surface area contributed by atoms with Crippen molar-refractivity contribution in [3.63, 3.8) is 0 Å². The van der Waals surface area contributed by atoms with E-state index in [-0.39, 0.29) is 12.4 Å². The van der Waals surface area contributed by atoms with Crippen LogP contribution in [0.3, 0.4) is 0 Å². The van der Waals surface area contributed by atoms with E-state index in [9.17, 15) is 23.1 Å². The third kappa shape index (κ3) is 5.18. The monoisotopic (exact) mass is 493 g/mol. The minimum atomic E-state index is -4.57. The van der Waals surface area contributed by atoms with Crippen molar-refractivity contribution in [2.24, 2.45) is 0 Å². The molecule has 3 N–H and O–H groups in total. The van der Waals surface area contributed by atoms with E-state index in [0.29, 0.717) is 23.7 Å². The Morgan fingerprint density at radius 3 is 2.85 bits per heavy atom. The molecule has 180 valence electrons. The Labute approximate surface area is 197 Å². The van der Waals surface area contributed by atoms with Gasteiger partial charge in [-0.25, -0.2) is 15.0 Å². The van der Waals surface area contributed by atoms with Crippen molar-refractivity contribution in [1.29, 1.82) is 0 Å². The number of nitrogens with zero attached hydrogens (tertiary/aromatic N) is 3. The fraction of sp³-hybridized carbons (Fsp3) is 0.364. The van der Waals surface area contributed by atoms with Gasteiger partial charge in [-0.3, -0.25) is 4.79 Å². The molecule has 0 spiro atoms. The summed E-state index contributed by atoms with van der Waals surface area (Å²) >= 11 is 1.29. The second kappa shape index (κ2) is 9.28. The first kappa shape index (κ1) is 24.0. The van der Waals surface area contributed by atoms with E-state index < -0.39 is 29.5 Å². The number of aryl methyl sites for hydroxylation is 1. The molecule has 8 nitrogen and oxygen atoms in total. The summed E-state index contributed by atoms with van der Waals surface area (Å²) in [5.74, 6) is -0.615. The minimum Gasteiger partial charge on any atom is -0.468 e. The van der Waals surface area contributed by atoms with Crippen molar-refractivity contribution in [2.75, 3.05) is 19.0 Å². The third-order valence-corrected chi connectivity index (χ3v) is 6.66. The predicted octanol–water partition coefficient (Wildman–Crippen LogP) is 3.78. The number of thiazole rings is 1. The lowest BCUT2D eigenvalue weighted by molar-refractivity contribution is -0.147. The lowest BCUT2D eigenvalue weighted by Gasteiger charge is -2.34. The summed E-state index contributed by atoms with van der Waals surface area (Å²) in [5.41, 5.74) is -0.182. The van der Waals surface area contributed by atoms with Crippen LogP contribution in [-0.2, 0) is 21.3 Å². The molecule has 4 rings (SSSR count). The van der Waals surface area contributed by atoms with Gasteiger partial charge in [-0.05, 0) is 49.2 Å². The first-order valence-electron chi connectivity index (χ1n) is 10.4. The number of carbonyl (C=O) groups excluding carboxylic acids is 1. The van der Waals surface area contributed by atoms with E-state index in [1.165, 1.54) is 18.4 Å². The van der Waals surface area contributed by atoms with Crippen LogP contribution in [0.5, 0.6) is 0 Å². The van der Waals surface area contributed by atoms with Gasteiger partial charge in [0.15, 0.2) is 0 Å². The summed E-state index contributed by atoms with van der Waals surface area (Å²) in [5, 5.41) is 17.5. The predicted molar refractivity (Wildman–Crippen MR) is 120 cm³/mol. The molecule has 1 fully saturated rings. The lowest BCUT2D eigenvalue weighted by Crippen LogP contribution is -2.50. The number of halogens is 3. The van der Waals surface area contributed by atoms with Gasteiger partial charge in [0.1, 0.15) is 22.3 Å². The van der Waals surface area contributed by atoms with Crippen LogP contribution in [0.25, 0.3) is 10.4 Å². The quantitative estimate of drug-likeness (QED) is 0.461. The van der Waals surface area contributed by atoms with Crippen LogP contribution in [0, 0.1) is 6.92 Å². The van der Waals surface area contributed by atoms with Gasteiger partial charge in [-0.1, -0.05) is 6.07 Å². The number of ether oxygens (including phenoxy) is 1. The third-order valence-electron chi connectivity index (χ3n) is 5.42. The van der Waals surface area contributed by atoms with Gasteiger partial charge in [-0.2, -0.15) is 13.2 Å². The van der Waals surface area contributed by atoms with Crippen LogP contribution in [0.4, 0.5) is 24.8 Å². The summed E-state index contributed by atoms with van der Waals surface area (Å²) in [6, 6.07) is 5.59. The lowest BCUT2D eigenvalue weighted by atomic mass is 9.88. The molecule has 0 saturated carbocycles. The number of esters is 1. The number of hydrogen-bond acceptors (Lipinski definition) is 9. The number of alkyl halides is 3. The fourth-order valence-corrected chi connectivity index (χ4v) is 4.82. The van der Waals surface area contributed by atoms with Crippen LogP contribution in [0.15, 0.2) is 36.7 Å². The molecule has 12 heteroatoms. The SMILES string of the molecule is COC(=O)C1CC(O)(c2ncc(-c3cc(C)cc(Nc4nccc(C(F)(F)F)n4)c3)s2)CCN1. The molecule has 1 aliphatic rings. The van der Waals surface area contributed by atoms with Crippen molar-refractivity contribution < 1.29 is 27.8 Å². The van der Waals surface area contributed by atoms with Gasteiger partial charge in [0.2, 0.25) is 5.95 Å². The average Bonchev–Trinajstić information content (AvgIpc) is 3.29. The highest BCUT2D eigenvalue weighted by molar-refractivity contribution is 7.15. The Balaban J connectivity index is 1.58. The molecular formula is C22H22F3N5O3S. The number of piperidine rings is 1. The van der Waals surface area contributed by atoms with E-state index in [0.717, 1.165) is 28.3 Å².